The molecule has 24 heavy (non-hydrogen) atoms. The van der Waals surface area contributed by atoms with Crippen LogP contribution in [0.4, 0.5) is 5.69 Å². The van der Waals surface area contributed by atoms with Crippen molar-refractivity contribution in [2.75, 3.05) is 5.32 Å². The maximum absolute atomic E-state index is 12.5. The molecule has 4 rings (SSSR count). The highest BCUT2D eigenvalue weighted by Crippen LogP contribution is 2.31. The van der Waals surface area contributed by atoms with Gasteiger partial charge in [0.05, 0.1) is 0 Å². The zero-order valence-corrected chi connectivity index (χ0v) is 12.9. The fourth-order valence-corrected chi connectivity index (χ4v) is 2.86. The monoisotopic (exact) mass is 318 g/mol. The fourth-order valence-electron chi connectivity index (χ4n) is 2.86. The predicted molar refractivity (Wildman–Crippen MR) is 93.5 cm³/mol. The summed E-state index contributed by atoms with van der Waals surface area (Å²) < 4.78 is 5.86. The van der Waals surface area contributed by atoms with Crippen molar-refractivity contribution in [3.8, 4) is 0 Å². The normalized spacial score (nSPS) is 11.0. The van der Waals surface area contributed by atoms with Crippen LogP contribution in [0.3, 0.4) is 0 Å². The number of fused-ring (bicyclic) bond motifs is 3. The summed E-state index contributed by atoms with van der Waals surface area (Å²) in [6.45, 7) is 1.84. The van der Waals surface area contributed by atoms with Crippen LogP contribution >= 0.6 is 0 Å². The van der Waals surface area contributed by atoms with E-state index < -0.39 is 5.91 Å². The van der Waals surface area contributed by atoms with Gasteiger partial charge in [-0.15, -0.1) is 0 Å². The fraction of sp³-hybridized carbons (Fsp3) is 0.0526. The van der Waals surface area contributed by atoms with E-state index in [0.717, 1.165) is 21.7 Å². The van der Waals surface area contributed by atoms with Gasteiger partial charge in [-0.1, -0.05) is 36.4 Å². The molecule has 0 saturated carbocycles. The minimum Gasteiger partial charge on any atom is -0.450 e. The van der Waals surface area contributed by atoms with E-state index in [2.05, 4.69) is 10.3 Å². The standard InChI is InChI=1S/C19H14N2O3/c1-11-13-9-8-12-5-2-3-6-14(12)17(13)24-16(11)19(23)21-15-7-4-10-20-18(15)22/h2-10H,1H3,(H,20,22)(H,21,23). The third kappa shape index (κ3) is 2.18. The summed E-state index contributed by atoms with van der Waals surface area (Å²) in [5.41, 5.74) is 1.26. The van der Waals surface area contributed by atoms with Crippen molar-refractivity contribution >= 4 is 33.3 Å². The number of benzene rings is 2. The molecule has 4 aromatic rings. The third-order valence-electron chi connectivity index (χ3n) is 4.10. The summed E-state index contributed by atoms with van der Waals surface area (Å²) in [6, 6.07) is 15.0. The SMILES string of the molecule is Cc1c(C(=O)Nc2ccc[nH]c2=O)oc2c1ccc1ccccc12. The number of furan rings is 1. The third-order valence-corrected chi connectivity index (χ3v) is 4.10. The molecule has 0 unspecified atom stereocenters. The number of hydrogen-bond acceptors (Lipinski definition) is 3. The second-order valence-corrected chi connectivity index (χ2v) is 5.59. The first-order valence-corrected chi connectivity index (χ1v) is 7.55. The number of hydrogen-bond donors (Lipinski definition) is 2. The zero-order valence-electron chi connectivity index (χ0n) is 12.9. The minimum atomic E-state index is -0.440. The molecule has 0 radical (unpaired) electrons. The molecule has 5 nitrogen and oxygen atoms in total. The molecule has 5 heteroatoms. The summed E-state index contributed by atoms with van der Waals surface area (Å²) in [6.07, 6.45) is 1.51. The van der Waals surface area contributed by atoms with E-state index in [4.69, 9.17) is 4.42 Å². The van der Waals surface area contributed by atoms with E-state index in [1.54, 1.807) is 12.1 Å². The number of H-pyrrole nitrogens is 1. The van der Waals surface area contributed by atoms with Gasteiger partial charge in [0.2, 0.25) is 0 Å². The average Bonchev–Trinajstić information content (AvgIpc) is 2.94. The zero-order chi connectivity index (χ0) is 16.7. The van der Waals surface area contributed by atoms with Gasteiger partial charge >= 0.3 is 0 Å². The van der Waals surface area contributed by atoms with Gasteiger partial charge < -0.3 is 14.7 Å². The van der Waals surface area contributed by atoms with Gasteiger partial charge in [0.15, 0.2) is 5.76 Å². The van der Waals surface area contributed by atoms with Crippen molar-refractivity contribution in [3.63, 3.8) is 0 Å². The van der Waals surface area contributed by atoms with Crippen LogP contribution in [-0.2, 0) is 0 Å². The van der Waals surface area contributed by atoms with Crippen molar-refractivity contribution in [2.45, 2.75) is 6.92 Å². The number of pyridine rings is 1. The first-order valence-electron chi connectivity index (χ1n) is 7.55. The van der Waals surface area contributed by atoms with E-state index in [0.29, 0.717) is 5.58 Å². The van der Waals surface area contributed by atoms with Gasteiger partial charge in [0, 0.05) is 22.5 Å². The number of aromatic amines is 1. The molecule has 1 amide bonds. The summed E-state index contributed by atoms with van der Waals surface area (Å²) in [4.78, 5) is 26.8. The predicted octanol–water partition coefficient (Wildman–Crippen LogP) is 3.84. The molecular weight excluding hydrogens is 304 g/mol. The second-order valence-electron chi connectivity index (χ2n) is 5.59. The Balaban J connectivity index is 1.83. The molecule has 2 N–H and O–H groups in total. The number of aromatic nitrogens is 1. The number of carbonyl (C=O) groups is 1. The van der Waals surface area contributed by atoms with Gasteiger partial charge in [0.1, 0.15) is 11.3 Å². The van der Waals surface area contributed by atoms with Crippen molar-refractivity contribution < 1.29 is 9.21 Å². The Kier molecular flexibility index (Phi) is 3.20. The maximum atomic E-state index is 12.5. The molecule has 0 atom stereocenters. The molecule has 0 saturated heterocycles. The lowest BCUT2D eigenvalue weighted by molar-refractivity contribution is 0.0998. The Morgan fingerprint density at radius 1 is 1.04 bits per heavy atom. The Morgan fingerprint density at radius 2 is 1.88 bits per heavy atom. The summed E-state index contributed by atoms with van der Waals surface area (Å²) in [7, 11) is 0. The van der Waals surface area contributed by atoms with Crippen molar-refractivity contribution in [1.82, 2.24) is 4.98 Å². The second kappa shape index (κ2) is 5.38. The van der Waals surface area contributed by atoms with Gasteiger partial charge in [-0.25, -0.2) is 0 Å². The maximum Gasteiger partial charge on any atom is 0.291 e. The molecule has 0 aliphatic heterocycles. The lowest BCUT2D eigenvalue weighted by atomic mass is 10.1. The number of rotatable bonds is 2. The van der Waals surface area contributed by atoms with E-state index in [9.17, 15) is 9.59 Å². The van der Waals surface area contributed by atoms with Crippen molar-refractivity contribution in [2.24, 2.45) is 0 Å². The molecule has 0 fully saturated rings. The van der Waals surface area contributed by atoms with Gasteiger partial charge in [0.25, 0.3) is 11.5 Å². The highest BCUT2D eigenvalue weighted by atomic mass is 16.3. The Morgan fingerprint density at radius 3 is 2.71 bits per heavy atom. The molecule has 2 heterocycles. The van der Waals surface area contributed by atoms with Crippen LogP contribution in [0, 0.1) is 6.92 Å². The van der Waals surface area contributed by atoms with E-state index >= 15 is 0 Å². The molecular formula is C19H14N2O3. The van der Waals surface area contributed by atoms with Gasteiger partial charge in [-0.2, -0.15) is 0 Å². The van der Waals surface area contributed by atoms with Crippen molar-refractivity contribution in [3.05, 3.63) is 76.4 Å². The number of anilines is 1. The van der Waals surface area contributed by atoms with Crippen LogP contribution in [0.2, 0.25) is 0 Å². The number of carbonyl (C=O) groups excluding carboxylic acids is 1. The van der Waals surface area contributed by atoms with Crippen LogP contribution < -0.4 is 10.9 Å². The Hall–Kier alpha value is -3.34. The molecule has 0 aliphatic carbocycles. The van der Waals surface area contributed by atoms with Crippen LogP contribution in [0.5, 0.6) is 0 Å². The quantitative estimate of drug-likeness (QED) is 0.590. The number of aryl methyl sites for hydroxylation is 1. The molecule has 0 bridgehead atoms. The van der Waals surface area contributed by atoms with E-state index in [1.807, 2.05) is 43.3 Å². The van der Waals surface area contributed by atoms with Crippen LogP contribution in [0.15, 0.2) is 63.9 Å². The average molecular weight is 318 g/mol. The van der Waals surface area contributed by atoms with Gasteiger partial charge in [-0.3, -0.25) is 9.59 Å². The largest absolute Gasteiger partial charge is 0.450 e. The number of nitrogens with one attached hydrogen (secondary N) is 2. The van der Waals surface area contributed by atoms with Crippen LogP contribution in [0.25, 0.3) is 21.7 Å². The van der Waals surface area contributed by atoms with E-state index in [1.165, 1.54) is 6.20 Å². The van der Waals surface area contributed by atoms with Crippen LogP contribution in [-0.4, -0.2) is 10.9 Å². The lowest BCUT2D eigenvalue weighted by Crippen LogP contribution is -2.19. The Bertz CT molecular complexity index is 1140. The molecule has 2 aromatic carbocycles. The minimum absolute atomic E-state index is 0.187. The lowest BCUT2D eigenvalue weighted by Gasteiger charge is -2.02. The van der Waals surface area contributed by atoms with Crippen molar-refractivity contribution in [1.29, 1.82) is 0 Å². The Labute approximate surface area is 136 Å². The summed E-state index contributed by atoms with van der Waals surface area (Å²) in [5.74, 6) is -0.228. The molecule has 0 spiro atoms. The summed E-state index contributed by atoms with van der Waals surface area (Å²) >= 11 is 0. The molecule has 118 valence electrons. The highest BCUT2D eigenvalue weighted by Gasteiger charge is 2.19. The first-order chi connectivity index (χ1) is 11.6. The molecule has 0 aliphatic rings. The van der Waals surface area contributed by atoms with E-state index in [-0.39, 0.29) is 17.0 Å². The van der Waals surface area contributed by atoms with Crippen LogP contribution in [0.1, 0.15) is 16.1 Å². The summed E-state index contributed by atoms with van der Waals surface area (Å²) in [5, 5.41) is 5.49. The molecule has 2 aromatic heterocycles. The topological polar surface area (TPSA) is 75.1 Å². The van der Waals surface area contributed by atoms with Gasteiger partial charge in [-0.05, 0) is 24.4 Å². The first kappa shape index (κ1) is 14.3. The number of amides is 1. The highest BCUT2D eigenvalue weighted by molar-refractivity contribution is 6.11. The smallest absolute Gasteiger partial charge is 0.291 e.